The SMILES string of the molecule is Cc1ncc(C(=O)OCC(=O)N(C2CCCC2)C2CCS(=O)(=O)C2)s1. The van der Waals surface area contributed by atoms with Crippen LogP contribution < -0.4 is 0 Å². The molecule has 7 nitrogen and oxygen atoms in total. The minimum absolute atomic E-state index is 0.0111. The summed E-state index contributed by atoms with van der Waals surface area (Å²) in [7, 11) is -3.08. The molecule has 2 heterocycles. The summed E-state index contributed by atoms with van der Waals surface area (Å²) < 4.78 is 28.8. The average molecular weight is 386 g/mol. The van der Waals surface area contributed by atoms with E-state index in [-0.39, 0.29) is 36.1 Å². The van der Waals surface area contributed by atoms with Crippen molar-refractivity contribution in [2.45, 2.75) is 51.1 Å². The van der Waals surface area contributed by atoms with Crippen molar-refractivity contribution in [3.05, 3.63) is 16.1 Å². The molecule has 1 aliphatic heterocycles. The standard InChI is InChI=1S/C16H22N2O5S2/c1-11-17-8-14(24-11)16(20)23-9-15(19)18(12-4-2-3-5-12)13-6-7-25(21,22)10-13/h8,12-13H,2-7,9-10H2,1H3. The molecule has 138 valence electrons. The average Bonchev–Trinajstić information content (AvgIpc) is 3.27. The quantitative estimate of drug-likeness (QED) is 0.713. The van der Waals surface area contributed by atoms with Crippen LogP contribution in [0.4, 0.5) is 0 Å². The van der Waals surface area contributed by atoms with Gasteiger partial charge in [-0.05, 0) is 26.2 Å². The number of hydrogen-bond donors (Lipinski definition) is 0. The van der Waals surface area contributed by atoms with Gasteiger partial charge >= 0.3 is 5.97 Å². The first-order valence-corrected chi connectivity index (χ1v) is 11.1. The number of hydrogen-bond acceptors (Lipinski definition) is 7. The van der Waals surface area contributed by atoms with Crippen LogP contribution in [-0.2, 0) is 19.4 Å². The molecular weight excluding hydrogens is 364 g/mol. The topological polar surface area (TPSA) is 93.6 Å². The van der Waals surface area contributed by atoms with Crippen LogP contribution in [0.5, 0.6) is 0 Å². The molecule has 1 amide bonds. The number of rotatable bonds is 5. The van der Waals surface area contributed by atoms with E-state index in [9.17, 15) is 18.0 Å². The fourth-order valence-electron chi connectivity index (χ4n) is 3.61. The molecular formula is C16H22N2O5S2. The van der Waals surface area contributed by atoms with Crippen molar-refractivity contribution in [1.82, 2.24) is 9.88 Å². The molecule has 0 bridgehead atoms. The van der Waals surface area contributed by atoms with E-state index in [1.807, 2.05) is 0 Å². The highest BCUT2D eigenvalue weighted by Gasteiger charge is 2.39. The van der Waals surface area contributed by atoms with Crippen molar-refractivity contribution in [2.75, 3.05) is 18.1 Å². The Hall–Kier alpha value is -1.48. The molecule has 0 spiro atoms. The van der Waals surface area contributed by atoms with Crippen LogP contribution in [0.2, 0.25) is 0 Å². The van der Waals surface area contributed by atoms with Crippen molar-refractivity contribution >= 4 is 33.1 Å². The smallest absolute Gasteiger partial charge is 0.350 e. The summed E-state index contributed by atoms with van der Waals surface area (Å²) in [5.74, 6) is -0.737. The maximum Gasteiger partial charge on any atom is 0.350 e. The maximum atomic E-state index is 12.7. The largest absolute Gasteiger partial charge is 0.451 e. The normalized spacial score (nSPS) is 22.8. The van der Waals surface area contributed by atoms with Crippen molar-refractivity contribution in [3.8, 4) is 0 Å². The third-order valence-corrected chi connectivity index (χ3v) is 7.40. The predicted octanol–water partition coefficient (Wildman–Crippen LogP) is 1.57. The zero-order valence-electron chi connectivity index (χ0n) is 14.1. The number of sulfone groups is 1. The first-order valence-electron chi connectivity index (χ1n) is 8.47. The Morgan fingerprint density at radius 3 is 2.56 bits per heavy atom. The molecule has 1 aliphatic carbocycles. The molecule has 0 aromatic carbocycles. The third kappa shape index (κ3) is 4.38. The summed E-state index contributed by atoms with van der Waals surface area (Å²) in [6, 6.07) is -0.250. The summed E-state index contributed by atoms with van der Waals surface area (Å²) in [4.78, 5) is 30.8. The minimum atomic E-state index is -3.08. The van der Waals surface area contributed by atoms with Gasteiger partial charge in [-0.2, -0.15) is 0 Å². The Balaban J connectivity index is 1.65. The maximum absolute atomic E-state index is 12.7. The zero-order chi connectivity index (χ0) is 18.0. The van der Waals surface area contributed by atoms with Crippen LogP contribution in [0.3, 0.4) is 0 Å². The van der Waals surface area contributed by atoms with E-state index < -0.39 is 15.8 Å². The van der Waals surface area contributed by atoms with Crippen LogP contribution in [0.1, 0.15) is 46.8 Å². The highest BCUT2D eigenvalue weighted by Crippen LogP contribution is 2.29. The number of nitrogens with zero attached hydrogens (tertiary/aromatic N) is 2. The Morgan fingerprint density at radius 2 is 2.00 bits per heavy atom. The summed E-state index contributed by atoms with van der Waals surface area (Å²) in [6.45, 7) is 1.43. The fourth-order valence-corrected chi connectivity index (χ4v) is 5.99. The third-order valence-electron chi connectivity index (χ3n) is 4.76. The number of amides is 1. The first kappa shape index (κ1) is 18.3. The first-order chi connectivity index (χ1) is 11.9. The van der Waals surface area contributed by atoms with E-state index >= 15 is 0 Å². The fraction of sp³-hybridized carbons (Fsp3) is 0.688. The number of carbonyl (C=O) groups is 2. The van der Waals surface area contributed by atoms with Gasteiger partial charge in [-0.1, -0.05) is 12.8 Å². The molecule has 2 fully saturated rings. The van der Waals surface area contributed by atoms with Gasteiger partial charge in [0.05, 0.1) is 22.7 Å². The van der Waals surface area contributed by atoms with Gasteiger partial charge in [0.15, 0.2) is 16.4 Å². The molecule has 9 heteroatoms. The number of esters is 1. The van der Waals surface area contributed by atoms with Crippen LogP contribution in [0.15, 0.2) is 6.20 Å². The molecule has 3 rings (SSSR count). The number of carbonyl (C=O) groups excluding carboxylic acids is 2. The summed E-state index contributed by atoms with van der Waals surface area (Å²) in [6.07, 6.45) is 5.73. The number of thiazole rings is 1. The zero-order valence-corrected chi connectivity index (χ0v) is 15.8. The van der Waals surface area contributed by atoms with Crippen molar-refractivity contribution < 1.29 is 22.7 Å². The van der Waals surface area contributed by atoms with Gasteiger partial charge in [0.25, 0.3) is 5.91 Å². The van der Waals surface area contributed by atoms with E-state index in [1.54, 1.807) is 11.8 Å². The molecule has 1 aromatic rings. The summed E-state index contributed by atoms with van der Waals surface area (Å²) in [5, 5.41) is 0.752. The van der Waals surface area contributed by atoms with E-state index in [0.29, 0.717) is 11.3 Å². The summed E-state index contributed by atoms with van der Waals surface area (Å²) in [5.41, 5.74) is 0. The lowest BCUT2D eigenvalue weighted by Gasteiger charge is -2.33. The number of ether oxygens (including phenoxy) is 1. The number of aromatic nitrogens is 1. The van der Waals surface area contributed by atoms with Gasteiger partial charge in [0.2, 0.25) is 0 Å². The Labute approximate surface area is 151 Å². The Bertz CT molecular complexity index is 752. The molecule has 1 unspecified atom stereocenters. The Kier molecular flexibility index (Phi) is 5.43. The van der Waals surface area contributed by atoms with Gasteiger partial charge < -0.3 is 9.64 Å². The predicted molar refractivity (Wildman–Crippen MR) is 93.3 cm³/mol. The Morgan fingerprint density at radius 1 is 1.28 bits per heavy atom. The molecule has 2 aliphatic rings. The van der Waals surface area contributed by atoms with E-state index in [0.717, 1.165) is 30.7 Å². The van der Waals surface area contributed by atoms with Gasteiger partial charge in [-0.3, -0.25) is 4.79 Å². The van der Waals surface area contributed by atoms with Gasteiger partial charge in [0.1, 0.15) is 4.88 Å². The minimum Gasteiger partial charge on any atom is -0.451 e. The molecule has 1 atom stereocenters. The van der Waals surface area contributed by atoms with Crippen LogP contribution in [0, 0.1) is 6.92 Å². The molecule has 0 radical (unpaired) electrons. The van der Waals surface area contributed by atoms with Crippen molar-refractivity contribution in [3.63, 3.8) is 0 Å². The van der Waals surface area contributed by atoms with Crippen LogP contribution >= 0.6 is 11.3 Å². The van der Waals surface area contributed by atoms with Crippen LogP contribution in [0.25, 0.3) is 0 Å². The number of aryl methyl sites for hydroxylation is 1. The highest BCUT2D eigenvalue weighted by atomic mass is 32.2. The second-order valence-electron chi connectivity index (χ2n) is 6.62. The lowest BCUT2D eigenvalue weighted by molar-refractivity contribution is -0.139. The second-order valence-corrected chi connectivity index (χ2v) is 10.1. The lowest BCUT2D eigenvalue weighted by Crippen LogP contribution is -2.48. The molecule has 1 saturated heterocycles. The second kappa shape index (κ2) is 7.41. The van der Waals surface area contributed by atoms with Gasteiger partial charge in [-0.25, -0.2) is 18.2 Å². The molecule has 1 saturated carbocycles. The monoisotopic (exact) mass is 386 g/mol. The van der Waals surface area contributed by atoms with E-state index in [2.05, 4.69) is 4.98 Å². The van der Waals surface area contributed by atoms with Crippen molar-refractivity contribution in [1.29, 1.82) is 0 Å². The van der Waals surface area contributed by atoms with Crippen LogP contribution in [-0.4, -0.2) is 60.4 Å². The molecule has 1 aromatic heterocycles. The highest BCUT2D eigenvalue weighted by molar-refractivity contribution is 7.91. The lowest BCUT2D eigenvalue weighted by atomic mass is 10.1. The molecule has 25 heavy (non-hydrogen) atoms. The van der Waals surface area contributed by atoms with Crippen molar-refractivity contribution in [2.24, 2.45) is 0 Å². The van der Waals surface area contributed by atoms with E-state index in [4.69, 9.17) is 4.74 Å². The summed E-state index contributed by atoms with van der Waals surface area (Å²) >= 11 is 1.22. The molecule has 0 N–H and O–H groups in total. The van der Waals surface area contributed by atoms with Gasteiger partial charge in [0, 0.05) is 12.1 Å². The van der Waals surface area contributed by atoms with E-state index in [1.165, 1.54) is 17.5 Å². The van der Waals surface area contributed by atoms with Gasteiger partial charge in [-0.15, -0.1) is 11.3 Å².